The Morgan fingerprint density at radius 1 is 0.800 bits per heavy atom. The zero-order valence-corrected chi connectivity index (χ0v) is 10.8. The number of allylic oxidation sites excluding steroid dienone is 4. The van der Waals surface area contributed by atoms with Crippen LogP contribution in [-0.4, -0.2) is 31.4 Å². The first-order chi connectivity index (χ1) is 6.25. The zero-order chi connectivity index (χ0) is 11.7. The molecule has 0 aromatic carbocycles. The summed E-state index contributed by atoms with van der Waals surface area (Å²) >= 11 is 0. The summed E-state index contributed by atoms with van der Waals surface area (Å²) in [5, 5.41) is 16.8. The van der Waals surface area contributed by atoms with Crippen LogP contribution in [0.4, 0.5) is 0 Å². The van der Waals surface area contributed by atoms with E-state index in [0.717, 1.165) is 0 Å². The van der Waals surface area contributed by atoms with Gasteiger partial charge in [0.25, 0.3) is 0 Å². The standard InChI is InChI=1S/2C5H8O2.V/c2*1-4(6)3-5(2)7;/h2*3,6H,1-2H3;/p+2/b2*4-3-;. The molecule has 0 bridgehead atoms. The van der Waals surface area contributed by atoms with Crippen LogP contribution < -0.4 is 0 Å². The van der Waals surface area contributed by atoms with E-state index in [1.165, 1.54) is 39.8 Å². The molecule has 0 fully saturated rings. The average molecular weight is 253 g/mol. The van der Waals surface area contributed by atoms with Crippen molar-refractivity contribution in [3.05, 3.63) is 23.7 Å². The van der Waals surface area contributed by atoms with Gasteiger partial charge < -0.3 is 10.2 Å². The second-order valence-corrected chi connectivity index (χ2v) is 2.85. The van der Waals surface area contributed by atoms with Crippen LogP contribution in [0.2, 0.25) is 0 Å². The molecule has 85 valence electrons. The quantitative estimate of drug-likeness (QED) is 0.448. The number of rotatable bonds is 2. The minimum Gasteiger partial charge on any atom is -0.512 e. The summed E-state index contributed by atoms with van der Waals surface area (Å²) in [5.41, 5.74) is 0. The number of hydrogen-bond donors (Lipinski definition) is 2. The Kier molecular flexibility index (Phi) is 14.4. The maximum Gasteiger partial charge on any atom is 0.316 e. The molecule has 0 heterocycles. The Hall–Kier alpha value is -0.996. The largest absolute Gasteiger partial charge is 0.512 e. The molecule has 0 atom stereocenters. The summed E-state index contributed by atoms with van der Waals surface area (Å²) in [6, 6.07) is 0. The second-order valence-electron chi connectivity index (χ2n) is 2.85. The molecular weight excluding hydrogens is 235 g/mol. The summed E-state index contributed by atoms with van der Waals surface area (Å²) < 4.78 is 0. The Morgan fingerprint density at radius 2 is 1.00 bits per heavy atom. The van der Waals surface area contributed by atoms with Crippen LogP contribution in [0.5, 0.6) is 0 Å². The first-order valence-electron chi connectivity index (χ1n) is 4.05. The van der Waals surface area contributed by atoms with E-state index in [-0.39, 0.29) is 41.6 Å². The Morgan fingerprint density at radius 3 is 1.00 bits per heavy atom. The first-order valence-corrected chi connectivity index (χ1v) is 4.05. The molecule has 1 radical (unpaired) electrons. The Labute approximate surface area is 102 Å². The second kappa shape index (κ2) is 11.1. The van der Waals surface area contributed by atoms with E-state index in [2.05, 4.69) is 0 Å². The molecule has 5 heteroatoms. The molecule has 0 aliphatic carbocycles. The van der Waals surface area contributed by atoms with Gasteiger partial charge in [0.2, 0.25) is 0 Å². The van der Waals surface area contributed by atoms with E-state index >= 15 is 0 Å². The van der Waals surface area contributed by atoms with Crippen molar-refractivity contribution in [3.63, 3.8) is 0 Å². The van der Waals surface area contributed by atoms with Gasteiger partial charge in [-0.25, -0.2) is 0 Å². The van der Waals surface area contributed by atoms with E-state index in [9.17, 15) is 0 Å². The summed E-state index contributed by atoms with van der Waals surface area (Å²) in [5.74, 6) is 0.500. The molecule has 0 aromatic heterocycles. The molecule has 0 spiro atoms. The molecule has 0 aromatic rings. The fourth-order valence-electron chi connectivity index (χ4n) is 0.605. The number of ketones is 2. The van der Waals surface area contributed by atoms with Crippen molar-refractivity contribution in [2.24, 2.45) is 0 Å². The number of aliphatic hydroxyl groups is 2. The molecule has 0 aliphatic rings. The molecule has 0 saturated heterocycles. The van der Waals surface area contributed by atoms with Gasteiger partial charge in [-0.3, -0.25) is 9.59 Å². The monoisotopic (exact) mass is 253 g/mol. The van der Waals surface area contributed by atoms with Gasteiger partial charge in [-0.05, 0) is 13.8 Å². The SMILES string of the molecule is CC(=[OH+])/C=C(/C)O.CC(=[OH+])/C=C(/C)O.[V]. The summed E-state index contributed by atoms with van der Waals surface area (Å²) in [6.07, 6.45) is 2.56. The van der Waals surface area contributed by atoms with Crippen molar-refractivity contribution in [1.82, 2.24) is 0 Å². The van der Waals surface area contributed by atoms with Gasteiger partial charge >= 0.3 is 11.6 Å². The zero-order valence-electron chi connectivity index (χ0n) is 9.39. The van der Waals surface area contributed by atoms with Gasteiger partial charge in [0.05, 0.1) is 37.5 Å². The summed E-state index contributed by atoms with van der Waals surface area (Å²) in [4.78, 5) is 16.8. The van der Waals surface area contributed by atoms with E-state index in [1.807, 2.05) is 0 Å². The van der Waals surface area contributed by atoms with E-state index in [1.54, 1.807) is 0 Å². The summed E-state index contributed by atoms with van der Waals surface area (Å²) in [7, 11) is 0. The smallest absolute Gasteiger partial charge is 0.316 e. The van der Waals surface area contributed by atoms with Gasteiger partial charge in [-0.2, -0.15) is 0 Å². The molecular formula is C10H18O4V+2. The summed E-state index contributed by atoms with van der Waals surface area (Å²) in [6.45, 7) is 6.00. The molecule has 4 nitrogen and oxygen atoms in total. The normalized spacial score (nSPS) is 10.7. The van der Waals surface area contributed by atoms with E-state index in [0.29, 0.717) is 0 Å². The molecule has 0 amide bonds. The number of carbonyl (C=O) groups excluding carboxylic acids is 2. The van der Waals surface area contributed by atoms with Crippen LogP contribution in [0.1, 0.15) is 27.7 Å². The van der Waals surface area contributed by atoms with Crippen molar-refractivity contribution in [2.75, 3.05) is 0 Å². The maximum absolute atomic E-state index is 8.40. The van der Waals surface area contributed by atoms with Crippen molar-refractivity contribution in [2.45, 2.75) is 27.7 Å². The number of hydrogen-bond acceptors (Lipinski definition) is 2. The van der Waals surface area contributed by atoms with Gasteiger partial charge in [0, 0.05) is 18.6 Å². The minimum atomic E-state index is 0. The van der Waals surface area contributed by atoms with E-state index in [4.69, 9.17) is 19.8 Å². The predicted octanol–water partition coefficient (Wildman–Crippen LogP) is 2.02. The fourth-order valence-corrected chi connectivity index (χ4v) is 0.605. The predicted molar refractivity (Wildman–Crippen MR) is 58.0 cm³/mol. The Balaban J connectivity index is -0.000000180. The van der Waals surface area contributed by atoms with Crippen LogP contribution in [0.25, 0.3) is 0 Å². The van der Waals surface area contributed by atoms with Crippen LogP contribution >= 0.6 is 0 Å². The van der Waals surface area contributed by atoms with Crippen LogP contribution in [0.15, 0.2) is 23.7 Å². The molecule has 0 rings (SSSR count). The van der Waals surface area contributed by atoms with Crippen LogP contribution in [0.3, 0.4) is 0 Å². The van der Waals surface area contributed by atoms with E-state index < -0.39 is 0 Å². The maximum atomic E-state index is 8.40. The third-order valence-corrected chi connectivity index (χ3v) is 0.836. The first kappa shape index (κ1) is 19.6. The topological polar surface area (TPSA) is 83.3 Å². The molecule has 0 saturated carbocycles. The van der Waals surface area contributed by atoms with Gasteiger partial charge in [-0.1, -0.05) is 0 Å². The van der Waals surface area contributed by atoms with Crippen LogP contribution in [0, 0.1) is 0 Å². The number of aliphatic hydroxyl groups excluding tert-OH is 2. The Bertz CT molecular complexity index is 231. The molecule has 4 N–H and O–H groups in total. The van der Waals surface area contributed by atoms with Gasteiger partial charge in [0.15, 0.2) is 0 Å². The van der Waals surface area contributed by atoms with Crippen molar-refractivity contribution < 1.29 is 38.4 Å². The third-order valence-electron chi connectivity index (χ3n) is 0.836. The molecule has 0 unspecified atom stereocenters. The van der Waals surface area contributed by atoms with Crippen molar-refractivity contribution in [3.8, 4) is 0 Å². The van der Waals surface area contributed by atoms with Crippen molar-refractivity contribution >= 4 is 11.6 Å². The molecule has 0 aliphatic heterocycles. The minimum absolute atomic E-state index is 0. The van der Waals surface area contributed by atoms with Gasteiger partial charge in [0.1, 0.15) is 0 Å². The average Bonchev–Trinajstić information content (AvgIpc) is 1.79. The van der Waals surface area contributed by atoms with Crippen LogP contribution in [-0.2, 0) is 18.6 Å². The van der Waals surface area contributed by atoms with Gasteiger partial charge in [-0.15, -0.1) is 0 Å². The molecule has 15 heavy (non-hydrogen) atoms. The third kappa shape index (κ3) is 32.1. The van der Waals surface area contributed by atoms with Crippen molar-refractivity contribution in [1.29, 1.82) is 0 Å². The fraction of sp³-hybridized carbons (Fsp3) is 0.400.